The first-order valence-corrected chi connectivity index (χ1v) is 8.42. The molecule has 1 aromatic heterocycles. The summed E-state index contributed by atoms with van der Waals surface area (Å²) in [4.78, 5) is 16.7. The van der Waals surface area contributed by atoms with Crippen molar-refractivity contribution in [2.75, 3.05) is 0 Å². The Kier molecular flexibility index (Phi) is 4.76. The molecule has 3 rings (SSSR count). The van der Waals surface area contributed by atoms with E-state index in [1.54, 1.807) is 0 Å². The fourth-order valence-electron chi connectivity index (χ4n) is 2.64. The fraction of sp³-hybridized carbons (Fsp3) is 0.222. The Labute approximate surface area is 143 Å². The van der Waals surface area contributed by atoms with Crippen LogP contribution in [-0.4, -0.2) is 15.5 Å². The maximum absolute atomic E-state index is 12.1. The van der Waals surface area contributed by atoms with E-state index in [4.69, 9.17) is 0 Å². The zero-order valence-electron chi connectivity index (χ0n) is 12.9. The molecule has 0 aliphatic heterocycles. The molecule has 0 spiro atoms. The number of carbonyl (C=O) groups is 1. The molecule has 5 heteroatoms. The summed E-state index contributed by atoms with van der Waals surface area (Å²) < 4.78 is 3.15. The van der Waals surface area contributed by atoms with Gasteiger partial charge >= 0.3 is 0 Å². The lowest BCUT2D eigenvalue weighted by molar-refractivity contribution is -0.120. The first-order valence-electron chi connectivity index (χ1n) is 7.62. The van der Waals surface area contributed by atoms with Crippen molar-refractivity contribution >= 4 is 32.9 Å². The molecule has 118 valence electrons. The summed E-state index contributed by atoms with van der Waals surface area (Å²) in [5.41, 5.74) is 3.06. The number of benzene rings is 2. The minimum absolute atomic E-state index is 0.00188. The van der Waals surface area contributed by atoms with Crippen molar-refractivity contribution in [1.82, 2.24) is 14.9 Å². The SMILES string of the molecule is CCn1c(CNC(=O)Cc2ccc(Br)cc2)nc2ccccc21. The Bertz CT molecular complexity index is 824. The summed E-state index contributed by atoms with van der Waals surface area (Å²) in [5.74, 6) is 0.889. The van der Waals surface area contributed by atoms with Gasteiger partial charge < -0.3 is 9.88 Å². The van der Waals surface area contributed by atoms with E-state index in [9.17, 15) is 4.79 Å². The van der Waals surface area contributed by atoms with Crippen LogP contribution >= 0.6 is 15.9 Å². The highest BCUT2D eigenvalue weighted by atomic mass is 79.9. The van der Waals surface area contributed by atoms with Crippen LogP contribution < -0.4 is 5.32 Å². The Balaban J connectivity index is 1.68. The third kappa shape index (κ3) is 3.62. The maximum atomic E-state index is 12.1. The third-order valence-electron chi connectivity index (χ3n) is 3.77. The van der Waals surface area contributed by atoms with E-state index in [-0.39, 0.29) is 5.91 Å². The standard InChI is InChI=1S/C18H18BrN3O/c1-2-22-16-6-4-3-5-15(16)21-17(22)12-20-18(23)11-13-7-9-14(19)10-8-13/h3-10H,2,11-12H2,1H3,(H,20,23). The van der Waals surface area contributed by atoms with Crippen molar-refractivity contribution in [1.29, 1.82) is 0 Å². The summed E-state index contributed by atoms with van der Waals surface area (Å²) in [7, 11) is 0. The molecular weight excluding hydrogens is 354 g/mol. The van der Waals surface area contributed by atoms with Crippen LogP contribution in [0, 0.1) is 0 Å². The number of aryl methyl sites for hydroxylation is 1. The molecule has 1 amide bonds. The number of hydrogen-bond donors (Lipinski definition) is 1. The molecule has 0 atom stereocenters. The molecule has 0 fully saturated rings. The number of amides is 1. The first kappa shape index (κ1) is 15.7. The van der Waals surface area contributed by atoms with Crippen LogP contribution in [0.2, 0.25) is 0 Å². The highest BCUT2D eigenvalue weighted by Gasteiger charge is 2.10. The number of rotatable bonds is 5. The molecule has 0 saturated heterocycles. The normalized spacial score (nSPS) is 10.9. The molecule has 0 aliphatic rings. The summed E-state index contributed by atoms with van der Waals surface area (Å²) in [6.07, 6.45) is 0.375. The molecule has 2 aromatic carbocycles. The van der Waals surface area contributed by atoms with Gasteiger partial charge in [0.25, 0.3) is 0 Å². The van der Waals surface area contributed by atoms with Gasteiger partial charge in [-0.1, -0.05) is 40.2 Å². The lowest BCUT2D eigenvalue weighted by atomic mass is 10.1. The van der Waals surface area contributed by atoms with Crippen LogP contribution in [0.4, 0.5) is 0 Å². The number of para-hydroxylation sites is 2. The minimum Gasteiger partial charge on any atom is -0.349 e. The molecule has 23 heavy (non-hydrogen) atoms. The second kappa shape index (κ2) is 6.96. The van der Waals surface area contributed by atoms with Gasteiger partial charge in [0.1, 0.15) is 5.82 Å². The second-order valence-corrected chi connectivity index (χ2v) is 6.26. The zero-order valence-corrected chi connectivity index (χ0v) is 14.5. The van der Waals surface area contributed by atoms with Crippen LogP contribution in [0.3, 0.4) is 0 Å². The number of hydrogen-bond acceptors (Lipinski definition) is 2. The smallest absolute Gasteiger partial charge is 0.224 e. The van der Waals surface area contributed by atoms with Crippen molar-refractivity contribution in [3.8, 4) is 0 Å². The van der Waals surface area contributed by atoms with Gasteiger partial charge in [-0.3, -0.25) is 4.79 Å². The van der Waals surface area contributed by atoms with Crippen LogP contribution in [0.15, 0.2) is 53.0 Å². The van der Waals surface area contributed by atoms with Crippen molar-refractivity contribution in [3.63, 3.8) is 0 Å². The van der Waals surface area contributed by atoms with Crippen molar-refractivity contribution in [3.05, 3.63) is 64.4 Å². The maximum Gasteiger partial charge on any atom is 0.224 e. The van der Waals surface area contributed by atoms with E-state index < -0.39 is 0 Å². The van der Waals surface area contributed by atoms with E-state index in [1.165, 1.54) is 0 Å². The lowest BCUT2D eigenvalue weighted by Gasteiger charge is -2.08. The monoisotopic (exact) mass is 371 g/mol. The Morgan fingerprint density at radius 2 is 1.91 bits per heavy atom. The average molecular weight is 372 g/mol. The van der Waals surface area contributed by atoms with E-state index in [0.29, 0.717) is 13.0 Å². The van der Waals surface area contributed by atoms with Gasteiger partial charge in [-0.05, 0) is 36.8 Å². The molecule has 4 nitrogen and oxygen atoms in total. The zero-order chi connectivity index (χ0) is 16.2. The van der Waals surface area contributed by atoms with Gasteiger partial charge in [0, 0.05) is 11.0 Å². The van der Waals surface area contributed by atoms with E-state index in [2.05, 4.69) is 43.8 Å². The predicted octanol–water partition coefficient (Wildman–Crippen LogP) is 3.68. The van der Waals surface area contributed by atoms with Crippen molar-refractivity contribution < 1.29 is 4.79 Å². The van der Waals surface area contributed by atoms with Gasteiger partial charge in [0.2, 0.25) is 5.91 Å². The van der Waals surface area contributed by atoms with E-state index >= 15 is 0 Å². The quantitative estimate of drug-likeness (QED) is 0.743. The van der Waals surface area contributed by atoms with Gasteiger partial charge in [0.15, 0.2) is 0 Å². The molecule has 0 saturated carbocycles. The number of aromatic nitrogens is 2. The number of carbonyl (C=O) groups excluding carboxylic acids is 1. The van der Waals surface area contributed by atoms with E-state index in [0.717, 1.165) is 33.4 Å². The fourth-order valence-corrected chi connectivity index (χ4v) is 2.91. The van der Waals surface area contributed by atoms with Gasteiger partial charge in [-0.15, -0.1) is 0 Å². The lowest BCUT2D eigenvalue weighted by Crippen LogP contribution is -2.26. The summed E-state index contributed by atoms with van der Waals surface area (Å²) in [5, 5.41) is 2.96. The Morgan fingerprint density at radius 3 is 2.65 bits per heavy atom. The van der Waals surface area contributed by atoms with Gasteiger partial charge in [-0.25, -0.2) is 4.98 Å². The number of halogens is 1. The minimum atomic E-state index is 0.00188. The van der Waals surface area contributed by atoms with Crippen LogP contribution in [0.1, 0.15) is 18.3 Å². The number of fused-ring (bicyclic) bond motifs is 1. The number of nitrogens with one attached hydrogen (secondary N) is 1. The van der Waals surface area contributed by atoms with E-state index in [1.807, 2.05) is 42.5 Å². The molecule has 1 N–H and O–H groups in total. The molecule has 3 aromatic rings. The summed E-state index contributed by atoms with van der Waals surface area (Å²) >= 11 is 3.39. The van der Waals surface area contributed by atoms with Gasteiger partial charge in [-0.2, -0.15) is 0 Å². The highest BCUT2D eigenvalue weighted by molar-refractivity contribution is 9.10. The number of nitrogens with zero attached hydrogens (tertiary/aromatic N) is 2. The molecule has 0 bridgehead atoms. The Hall–Kier alpha value is -2.14. The molecule has 0 radical (unpaired) electrons. The van der Waals surface area contributed by atoms with Crippen LogP contribution in [0.5, 0.6) is 0 Å². The van der Waals surface area contributed by atoms with Crippen LogP contribution in [0.25, 0.3) is 11.0 Å². The highest BCUT2D eigenvalue weighted by Crippen LogP contribution is 2.16. The third-order valence-corrected chi connectivity index (χ3v) is 4.30. The topological polar surface area (TPSA) is 46.9 Å². The van der Waals surface area contributed by atoms with Crippen LogP contribution in [-0.2, 0) is 24.3 Å². The molecule has 0 unspecified atom stereocenters. The number of imidazole rings is 1. The summed E-state index contributed by atoms with van der Waals surface area (Å²) in [6, 6.07) is 15.8. The van der Waals surface area contributed by atoms with Crippen molar-refractivity contribution in [2.24, 2.45) is 0 Å². The molecule has 1 heterocycles. The predicted molar refractivity (Wildman–Crippen MR) is 95.1 cm³/mol. The molecular formula is C18H18BrN3O. The molecule has 0 aliphatic carbocycles. The second-order valence-electron chi connectivity index (χ2n) is 5.34. The van der Waals surface area contributed by atoms with Gasteiger partial charge in [0.05, 0.1) is 24.0 Å². The Morgan fingerprint density at radius 1 is 1.17 bits per heavy atom. The first-order chi connectivity index (χ1) is 11.2. The average Bonchev–Trinajstić information content (AvgIpc) is 2.92. The largest absolute Gasteiger partial charge is 0.349 e. The van der Waals surface area contributed by atoms with Crippen molar-refractivity contribution in [2.45, 2.75) is 26.4 Å². The summed E-state index contributed by atoms with van der Waals surface area (Å²) in [6.45, 7) is 3.36.